The van der Waals surface area contributed by atoms with E-state index < -0.39 is 5.41 Å². The zero-order chi connectivity index (χ0) is 15.0. The molecule has 20 heavy (non-hydrogen) atoms. The molecule has 0 bridgehead atoms. The van der Waals surface area contributed by atoms with E-state index in [1.165, 1.54) is 0 Å². The van der Waals surface area contributed by atoms with Crippen molar-refractivity contribution in [3.05, 3.63) is 29.3 Å². The predicted octanol–water partition coefficient (Wildman–Crippen LogP) is 3.62. The number of carbonyl (C=O) groups is 1. The maximum atomic E-state index is 12.4. The van der Waals surface area contributed by atoms with E-state index in [1.54, 1.807) is 7.11 Å². The van der Waals surface area contributed by atoms with Crippen molar-refractivity contribution in [3.8, 4) is 5.75 Å². The minimum atomic E-state index is -0.438. The number of ether oxygens (including phenoxy) is 2. The molecule has 1 saturated carbocycles. The summed E-state index contributed by atoms with van der Waals surface area (Å²) in [4.78, 5) is 12.4. The predicted molar refractivity (Wildman–Crippen MR) is 79.1 cm³/mol. The van der Waals surface area contributed by atoms with Crippen molar-refractivity contribution in [2.24, 2.45) is 5.41 Å². The number of rotatable bonds is 4. The molecule has 3 heteroatoms. The minimum Gasteiger partial charge on any atom is -0.496 e. The molecule has 1 aromatic carbocycles. The van der Waals surface area contributed by atoms with Crippen LogP contribution in [0.5, 0.6) is 5.75 Å². The topological polar surface area (TPSA) is 35.5 Å². The lowest BCUT2D eigenvalue weighted by molar-refractivity contribution is -0.149. The molecule has 0 heterocycles. The van der Waals surface area contributed by atoms with Gasteiger partial charge in [0, 0.05) is 0 Å². The standard InChI is InChI=1S/C17H24O3/c1-12-6-7-13(10-14(12)19-5)17(8-9-17)15(18)20-11-16(2,3)4/h6-7,10H,8-9,11H2,1-5H3. The van der Waals surface area contributed by atoms with Gasteiger partial charge in [0.2, 0.25) is 0 Å². The summed E-state index contributed by atoms with van der Waals surface area (Å²) < 4.78 is 10.9. The summed E-state index contributed by atoms with van der Waals surface area (Å²) in [5.74, 6) is 0.732. The SMILES string of the molecule is COc1cc(C2(C(=O)OCC(C)(C)C)CC2)ccc1C. The molecule has 0 N–H and O–H groups in total. The fourth-order valence-electron chi connectivity index (χ4n) is 2.27. The molecule has 0 amide bonds. The zero-order valence-corrected chi connectivity index (χ0v) is 13.1. The van der Waals surface area contributed by atoms with Crippen LogP contribution in [0.3, 0.4) is 0 Å². The van der Waals surface area contributed by atoms with Crippen molar-refractivity contribution >= 4 is 5.97 Å². The molecule has 1 fully saturated rings. The van der Waals surface area contributed by atoms with Crippen LogP contribution in [0.25, 0.3) is 0 Å². The van der Waals surface area contributed by atoms with Crippen molar-refractivity contribution in [1.82, 2.24) is 0 Å². The molecule has 1 aromatic rings. The first kappa shape index (κ1) is 14.9. The quantitative estimate of drug-likeness (QED) is 0.788. The first-order valence-corrected chi connectivity index (χ1v) is 7.11. The van der Waals surface area contributed by atoms with Gasteiger partial charge in [-0.2, -0.15) is 0 Å². The lowest BCUT2D eigenvalue weighted by Crippen LogP contribution is -2.27. The van der Waals surface area contributed by atoms with Crippen LogP contribution in [-0.2, 0) is 14.9 Å². The van der Waals surface area contributed by atoms with E-state index >= 15 is 0 Å². The van der Waals surface area contributed by atoms with Crippen molar-refractivity contribution < 1.29 is 14.3 Å². The fraction of sp³-hybridized carbons (Fsp3) is 0.588. The van der Waals surface area contributed by atoms with E-state index in [4.69, 9.17) is 9.47 Å². The van der Waals surface area contributed by atoms with Crippen LogP contribution in [0.2, 0.25) is 0 Å². The Labute approximate surface area is 121 Å². The zero-order valence-electron chi connectivity index (χ0n) is 13.1. The second kappa shape index (κ2) is 5.12. The van der Waals surface area contributed by atoms with Gasteiger partial charge in [0.25, 0.3) is 0 Å². The molecular weight excluding hydrogens is 252 g/mol. The first-order valence-electron chi connectivity index (χ1n) is 7.11. The van der Waals surface area contributed by atoms with Crippen LogP contribution < -0.4 is 4.74 Å². The van der Waals surface area contributed by atoms with Crippen LogP contribution in [0, 0.1) is 12.3 Å². The van der Waals surface area contributed by atoms with Gasteiger partial charge in [-0.1, -0.05) is 32.9 Å². The summed E-state index contributed by atoms with van der Waals surface area (Å²) in [5, 5.41) is 0. The van der Waals surface area contributed by atoms with Crippen LogP contribution in [0.1, 0.15) is 44.7 Å². The largest absolute Gasteiger partial charge is 0.496 e. The van der Waals surface area contributed by atoms with E-state index in [2.05, 4.69) is 20.8 Å². The van der Waals surface area contributed by atoms with Crippen LogP contribution in [-0.4, -0.2) is 19.7 Å². The number of methoxy groups -OCH3 is 1. The van der Waals surface area contributed by atoms with Crippen molar-refractivity contribution in [1.29, 1.82) is 0 Å². The van der Waals surface area contributed by atoms with Gasteiger partial charge in [0.05, 0.1) is 19.1 Å². The molecule has 1 aliphatic carbocycles. The molecule has 0 aliphatic heterocycles. The molecule has 0 atom stereocenters. The van der Waals surface area contributed by atoms with Gasteiger partial charge in [-0.3, -0.25) is 4.79 Å². The Balaban J connectivity index is 2.17. The van der Waals surface area contributed by atoms with E-state index in [9.17, 15) is 4.79 Å². The Morgan fingerprint density at radius 2 is 1.95 bits per heavy atom. The first-order chi connectivity index (χ1) is 9.28. The molecule has 0 radical (unpaired) electrons. The lowest BCUT2D eigenvalue weighted by Gasteiger charge is -2.21. The third-order valence-electron chi connectivity index (χ3n) is 3.74. The highest BCUT2D eigenvalue weighted by molar-refractivity contribution is 5.86. The number of hydrogen-bond acceptors (Lipinski definition) is 3. The molecule has 0 saturated heterocycles. The van der Waals surface area contributed by atoms with Gasteiger partial charge in [0.1, 0.15) is 5.75 Å². The van der Waals surface area contributed by atoms with Gasteiger partial charge in [0.15, 0.2) is 0 Å². The second-order valence-electron chi connectivity index (χ2n) is 6.90. The number of esters is 1. The van der Waals surface area contributed by atoms with E-state index in [1.807, 2.05) is 25.1 Å². The molecule has 1 aliphatic rings. The molecule has 0 aromatic heterocycles. The maximum Gasteiger partial charge on any atom is 0.316 e. The number of aryl methyl sites for hydroxylation is 1. The molecule has 2 rings (SSSR count). The molecule has 0 unspecified atom stereocenters. The maximum absolute atomic E-state index is 12.4. The summed E-state index contributed by atoms with van der Waals surface area (Å²) >= 11 is 0. The highest BCUT2D eigenvalue weighted by Crippen LogP contribution is 2.50. The van der Waals surface area contributed by atoms with Gasteiger partial charge in [-0.15, -0.1) is 0 Å². The van der Waals surface area contributed by atoms with Crippen molar-refractivity contribution in [2.45, 2.75) is 46.0 Å². The summed E-state index contributed by atoms with van der Waals surface area (Å²) in [6, 6.07) is 6.00. The average molecular weight is 276 g/mol. The summed E-state index contributed by atoms with van der Waals surface area (Å²) in [6.07, 6.45) is 1.73. The number of carbonyl (C=O) groups excluding carboxylic acids is 1. The highest BCUT2D eigenvalue weighted by atomic mass is 16.5. The second-order valence-corrected chi connectivity index (χ2v) is 6.90. The summed E-state index contributed by atoms with van der Waals surface area (Å²) in [6.45, 7) is 8.65. The Kier molecular flexibility index (Phi) is 3.81. The fourth-order valence-corrected chi connectivity index (χ4v) is 2.27. The normalized spacial score (nSPS) is 16.6. The van der Waals surface area contributed by atoms with Gasteiger partial charge in [-0.25, -0.2) is 0 Å². The molecule has 110 valence electrons. The van der Waals surface area contributed by atoms with Crippen molar-refractivity contribution in [3.63, 3.8) is 0 Å². The van der Waals surface area contributed by atoms with E-state index in [0.29, 0.717) is 6.61 Å². The van der Waals surface area contributed by atoms with Gasteiger partial charge in [-0.05, 0) is 42.4 Å². The summed E-state index contributed by atoms with van der Waals surface area (Å²) in [7, 11) is 1.66. The minimum absolute atomic E-state index is 0.00327. The molecule has 3 nitrogen and oxygen atoms in total. The Hall–Kier alpha value is -1.51. The summed E-state index contributed by atoms with van der Waals surface area (Å²) in [5.41, 5.74) is 1.65. The van der Waals surface area contributed by atoms with E-state index in [0.717, 1.165) is 29.7 Å². The van der Waals surface area contributed by atoms with Gasteiger partial charge < -0.3 is 9.47 Å². The third kappa shape index (κ3) is 2.97. The smallest absolute Gasteiger partial charge is 0.316 e. The third-order valence-corrected chi connectivity index (χ3v) is 3.74. The monoisotopic (exact) mass is 276 g/mol. The molecule has 0 spiro atoms. The Morgan fingerprint density at radius 1 is 1.30 bits per heavy atom. The molecular formula is C17H24O3. The van der Waals surface area contributed by atoms with Crippen LogP contribution in [0.4, 0.5) is 0 Å². The van der Waals surface area contributed by atoms with E-state index in [-0.39, 0.29) is 11.4 Å². The number of hydrogen-bond donors (Lipinski definition) is 0. The average Bonchev–Trinajstić information content (AvgIpc) is 3.17. The Morgan fingerprint density at radius 3 is 2.45 bits per heavy atom. The number of benzene rings is 1. The highest BCUT2D eigenvalue weighted by Gasteiger charge is 2.53. The van der Waals surface area contributed by atoms with Crippen molar-refractivity contribution in [2.75, 3.05) is 13.7 Å². The Bertz CT molecular complexity index is 507. The van der Waals surface area contributed by atoms with Gasteiger partial charge >= 0.3 is 5.97 Å². The van der Waals surface area contributed by atoms with Crippen LogP contribution in [0.15, 0.2) is 18.2 Å². The lowest BCUT2D eigenvalue weighted by atomic mass is 9.94. The van der Waals surface area contributed by atoms with Crippen LogP contribution >= 0.6 is 0 Å².